The third-order valence-electron chi connectivity index (χ3n) is 2.13. The maximum absolute atomic E-state index is 5.55. The second-order valence-electron chi connectivity index (χ2n) is 3.03. The van der Waals surface area contributed by atoms with Crippen LogP contribution in [0.2, 0.25) is 0 Å². The van der Waals surface area contributed by atoms with E-state index in [1.54, 1.807) is 11.3 Å². The van der Waals surface area contributed by atoms with E-state index in [-0.39, 0.29) is 6.04 Å². The molecule has 2 aromatic rings. The molecule has 0 fully saturated rings. The van der Waals surface area contributed by atoms with Crippen LogP contribution < -0.4 is 11.3 Å². The second-order valence-corrected chi connectivity index (χ2v) is 4.01. The summed E-state index contributed by atoms with van der Waals surface area (Å²) < 4.78 is 0. The topological polar surface area (TPSA) is 38.0 Å². The Morgan fingerprint density at radius 1 is 1.07 bits per heavy atom. The van der Waals surface area contributed by atoms with Crippen LogP contribution in [-0.2, 0) is 0 Å². The summed E-state index contributed by atoms with van der Waals surface area (Å²) in [6.45, 7) is 0. The third kappa shape index (κ3) is 1.85. The molecule has 0 spiro atoms. The van der Waals surface area contributed by atoms with Gasteiger partial charge in [-0.15, -0.1) is 11.3 Å². The average Bonchev–Trinajstić information content (AvgIpc) is 2.74. The highest BCUT2D eigenvalue weighted by Gasteiger charge is 2.11. The van der Waals surface area contributed by atoms with Gasteiger partial charge in [0, 0.05) is 4.88 Å². The number of hydrazine groups is 1. The smallest absolute Gasteiger partial charge is 0.0802 e. The molecule has 1 aromatic heterocycles. The first-order valence-corrected chi connectivity index (χ1v) is 5.34. The summed E-state index contributed by atoms with van der Waals surface area (Å²) in [6.07, 6.45) is 0. The van der Waals surface area contributed by atoms with Gasteiger partial charge in [0.1, 0.15) is 0 Å². The van der Waals surface area contributed by atoms with Gasteiger partial charge in [-0.1, -0.05) is 36.4 Å². The van der Waals surface area contributed by atoms with E-state index in [2.05, 4.69) is 29.0 Å². The van der Waals surface area contributed by atoms with E-state index in [0.29, 0.717) is 0 Å². The molecule has 0 aliphatic rings. The largest absolute Gasteiger partial charge is 0.271 e. The third-order valence-corrected chi connectivity index (χ3v) is 3.06. The van der Waals surface area contributed by atoms with Gasteiger partial charge >= 0.3 is 0 Å². The maximum atomic E-state index is 5.55. The molecule has 14 heavy (non-hydrogen) atoms. The lowest BCUT2D eigenvalue weighted by Gasteiger charge is -2.14. The number of thiophene rings is 1. The molecule has 0 aliphatic heterocycles. The first kappa shape index (κ1) is 9.40. The van der Waals surface area contributed by atoms with Crippen molar-refractivity contribution in [2.45, 2.75) is 6.04 Å². The summed E-state index contributed by atoms with van der Waals surface area (Å²) in [5.74, 6) is 5.55. The Hall–Kier alpha value is -1.16. The van der Waals surface area contributed by atoms with Gasteiger partial charge in [0.2, 0.25) is 0 Å². The molecule has 2 nitrogen and oxygen atoms in total. The zero-order valence-corrected chi connectivity index (χ0v) is 8.50. The van der Waals surface area contributed by atoms with Gasteiger partial charge < -0.3 is 0 Å². The molecule has 72 valence electrons. The molecule has 1 aromatic carbocycles. The Morgan fingerprint density at radius 3 is 2.43 bits per heavy atom. The van der Waals surface area contributed by atoms with Crippen LogP contribution in [0.25, 0.3) is 0 Å². The molecule has 1 unspecified atom stereocenters. The minimum atomic E-state index is 0.108. The van der Waals surface area contributed by atoms with Gasteiger partial charge in [0.15, 0.2) is 0 Å². The Balaban J connectivity index is 2.31. The summed E-state index contributed by atoms with van der Waals surface area (Å²) in [4.78, 5) is 1.23. The monoisotopic (exact) mass is 204 g/mol. The Labute approximate surface area is 87.4 Å². The Bertz CT molecular complexity index is 369. The van der Waals surface area contributed by atoms with E-state index in [1.165, 1.54) is 10.4 Å². The van der Waals surface area contributed by atoms with Crippen LogP contribution in [0, 0.1) is 0 Å². The summed E-state index contributed by atoms with van der Waals surface area (Å²) in [6, 6.07) is 14.4. The lowest BCUT2D eigenvalue weighted by molar-refractivity contribution is 0.646. The van der Waals surface area contributed by atoms with Crippen molar-refractivity contribution in [1.82, 2.24) is 5.43 Å². The summed E-state index contributed by atoms with van der Waals surface area (Å²) in [5.41, 5.74) is 4.02. The van der Waals surface area contributed by atoms with E-state index < -0.39 is 0 Å². The maximum Gasteiger partial charge on any atom is 0.0802 e. The number of benzene rings is 1. The van der Waals surface area contributed by atoms with Gasteiger partial charge in [-0.05, 0) is 17.0 Å². The predicted molar refractivity (Wildman–Crippen MR) is 59.9 cm³/mol. The summed E-state index contributed by atoms with van der Waals surface area (Å²) in [7, 11) is 0. The first-order chi connectivity index (χ1) is 6.92. The van der Waals surface area contributed by atoms with Crippen LogP contribution in [0.4, 0.5) is 0 Å². The van der Waals surface area contributed by atoms with E-state index in [1.807, 2.05) is 24.3 Å². The number of hydrogen-bond donors (Lipinski definition) is 2. The number of nitrogens with one attached hydrogen (secondary N) is 1. The normalized spacial score (nSPS) is 12.6. The minimum absolute atomic E-state index is 0.108. The molecule has 1 atom stereocenters. The summed E-state index contributed by atoms with van der Waals surface area (Å²) >= 11 is 1.71. The molecule has 0 saturated heterocycles. The molecule has 1 heterocycles. The van der Waals surface area contributed by atoms with Crippen molar-refractivity contribution < 1.29 is 0 Å². The van der Waals surface area contributed by atoms with Crippen LogP contribution >= 0.6 is 11.3 Å². The molecule has 0 amide bonds. The SMILES string of the molecule is NNC(c1ccccc1)c1cccs1. The standard InChI is InChI=1S/C11H12N2S/c12-13-11(10-7-4-8-14-10)9-5-2-1-3-6-9/h1-8,11,13H,12H2. The van der Waals surface area contributed by atoms with Gasteiger partial charge in [0.25, 0.3) is 0 Å². The molecule has 0 bridgehead atoms. The van der Waals surface area contributed by atoms with Gasteiger partial charge in [-0.3, -0.25) is 5.84 Å². The van der Waals surface area contributed by atoms with Crippen molar-refractivity contribution in [3.63, 3.8) is 0 Å². The van der Waals surface area contributed by atoms with Crippen LogP contribution in [0.3, 0.4) is 0 Å². The predicted octanol–water partition coefficient (Wildman–Crippen LogP) is 2.30. The lowest BCUT2D eigenvalue weighted by atomic mass is 10.1. The van der Waals surface area contributed by atoms with Crippen molar-refractivity contribution in [3.05, 3.63) is 58.3 Å². The highest BCUT2D eigenvalue weighted by atomic mass is 32.1. The van der Waals surface area contributed by atoms with E-state index >= 15 is 0 Å². The van der Waals surface area contributed by atoms with E-state index in [4.69, 9.17) is 5.84 Å². The van der Waals surface area contributed by atoms with Gasteiger partial charge in [0.05, 0.1) is 6.04 Å². The molecule has 3 heteroatoms. The fourth-order valence-corrected chi connectivity index (χ4v) is 2.26. The first-order valence-electron chi connectivity index (χ1n) is 4.46. The Kier molecular flexibility index (Phi) is 2.93. The molecule has 0 radical (unpaired) electrons. The van der Waals surface area contributed by atoms with Gasteiger partial charge in [-0.2, -0.15) is 0 Å². The van der Waals surface area contributed by atoms with Crippen molar-refractivity contribution in [3.8, 4) is 0 Å². The fourth-order valence-electron chi connectivity index (χ4n) is 1.44. The fraction of sp³-hybridized carbons (Fsp3) is 0.0909. The zero-order valence-electron chi connectivity index (χ0n) is 7.68. The molecule has 2 rings (SSSR count). The van der Waals surface area contributed by atoms with E-state index in [0.717, 1.165) is 0 Å². The minimum Gasteiger partial charge on any atom is -0.271 e. The van der Waals surface area contributed by atoms with Crippen molar-refractivity contribution in [2.75, 3.05) is 0 Å². The highest BCUT2D eigenvalue weighted by Crippen LogP contribution is 2.24. The van der Waals surface area contributed by atoms with E-state index in [9.17, 15) is 0 Å². The highest BCUT2D eigenvalue weighted by molar-refractivity contribution is 7.10. The van der Waals surface area contributed by atoms with Crippen molar-refractivity contribution in [1.29, 1.82) is 0 Å². The van der Waals surface area contributed by atoms with Crippen LogP contribution in [0.1, 0.15) is 16.5 Å². The number of rotatable bonds is 3. The molecule has 0 saturated carbocycles. The average molecular weight is 204 g/mol. The van der Waals surface area contributed by atoms with Crippen LogP contribution in [0.5, 0.6) is 0 Å². The molecular formula is C11H12N2S. The Morgan fingerprint density at radius 2 is 1.86 bits per heavy atom. The van der Waals surface area contributed by atoms with Crippen molar-refractivity contribution in [2.24, 2.45) is 5.84 Å². The van der Waals surface area contributed by atoms with Crippen LogP contribution in [0.15, 0.2) is 47.8 Å². The molecule has 0 aliphatic carbocycles. The lowest BCUT2D eigenvalue weighted by Crippen LogP contribution is -2.28. The van der Waals surface area contributed by atoms with Crippen LogP contribution in [-0.4, -0.2) is 0 Å². The number of hydrogen-bond acceptors (Lipinski definition) is 3. The molecular weight excluding hydrogens is 192 g/mol. The number of nitrogens with two attached hydrogens (primary N) is 1. The zero-order chi connectivity index (χ0) is 9.80. The summed E-state index contributed by atoms with van der Waals surface area (Å²) in [5, 5.41) is 2.06. The van der Waals surface area contributed by atoms with Crippen molar-refractivity contribution >= 4 is 11.3 Å². The second kappa shape index (κ2) is 4.37. The molecule has 3 N–H and O–H groups in total. The quantitative estimate of drug-likeness (QED) is 0.594. The van der Waals surface area contributed by atoms with Gasteiger partial charge in [-0.25, -0.2) is 5.43 Å².